The van der Waals surface area contributed by atoms with Gasteiger partial charge in [-0.1, -0.05) is 61.8 Å². The highest BCUT2D eigenvalue weighted by Crippen LogP contribution is 2.26. The SMILES string of the molecule is CCc1cccc(CC)c1NC(=O)CN(c1ccccc1)S(=O)(=O)c1ccc(Cl)cc1. The van der Waals surface area contributed by atoms with Gasteiger partial charge in [-0.25, -0.2) is 8.42 Å². The van der Waals surface area contributed by atoms with Crippen molar-refractivity contribution in [2.24, 2.45) is 0 Å². The molecule has 3 rings (SSSR count). The van der Waals surface area contributed by atoms with Crippen LogP contribution in [0.3, 0.4) is 0 Å². The third-order valence-electron chi connectivity index (χ3n) is 5.00. The number of para-hydroxylation sites is 2. The van der Waals surface area contributed by atoms with Crippen LogP contribution in [0.2, 0.25) is 5.02 Å². The highest BCUT2D eigenvalue weighted by atomic mass is 35.5. The fourth-order valence-corrected chi connectivity index (χ4v) is 4.90. The summed E-state index contributed by atoms with van der Waals surface area (Å²) in [6.45, 7) is 3.69. The van der Waals surface area contributed by atoms with E-state index in [1.807, 2.05) is 32.0 Å². The average molecular weight is 457 g/mol. The molecule has 3 aromatic rings. The summed E-state index contributed by atoms with van der Waals surface area (Å²) in [7, 11) is -3.98. The standard InChI is InChI=1S/C24H25ClN2O3S/c1-3-18-9-8-10-19(4-2)24(18)26-23(28)17-27(21-11-6-5-7-12-21)31(29,30)22-15-13-20(25)14-16-22/h5-16H,3-4,17H2,1-2H3,(H,26,28). The second kappa shape index (κ2) is 9.98. The molecule has 1 N–H and O–H groups in total. The van der Waals surface area contributed by atoms with Crippen molar-refractivity contribution in [3.8, 4) is 0 Å². The molecule has 3 aromatic carbocycles. The van der Waals surface area contributed by atoms with Crippen LogP contribution in [0, 0.1) is 0 Å². The summed E-state index contributed by atoms with van der Waals surface area (Å²) in [5.41, 5.74) is 3.19. The van der Waals surface area contributed by atoms with Crippen molar-refractivity contribution in [2.75, 3.05) is 16.2 Å². The number of benzene rings is 3. The van der Waals surface area contributed by atoms with E-state index in [2.05, 4.69) is 5.32 Å². The molecular weight excluding hydrogens is 432 g/mol. The van der Waals surface area contributed by atoms with Crippen LogP contribution >= 0.6 is 11.6 Å². The fourth-order valence-electron chi connectivity index (χ4n) is 3.36. The summed E-state index contributed by atoms with van der Waals surface area (Å²) >= 11 is 5.92. The van der Waals surface area contributed by atoms with E-state index in [9.17, 15) is 13.2 Å². The van der Waals surface area contributed by atoms with Gasteiger partial charge >= 0.3 is 0 Å². The molecule has 0 heterocycles. The lowest BCUT2D eigenvalue weighted by atomic mass is 10.0. The number of halogens is 1. The molecule has 1 amide bonds. The highest BCUT2D eigenvalue weighted by molar-refractivity contribution is 7.92. The smallest absolute Gasteiger partial charge is 0.264 e. The zero-order valence-electron chi connectivity index (χ0n) is 17.5. The molecule has 0 bridgehead atoms. The van der Waals surface area contributed by atoms with Crippen LogP contribution in [-0.2, 0) is 27.7 Å². The monoisotopic (exact) mass is 456 g/mol. The molecule has 0 saturated carbocycles. The summed E-state index contributed by atoms with van der Waals surface area (Å²) in [5.74, 6) is -0.406. The van der Waals surface area contributed by atoms with Crippen molar-refractivity contribution in [1.82, 2.24) is 0 Å². The summed E-state index contributed by atoms with van der Waals surface area (Å²) < 4.78 is 27.9. The fraction of sp³-hybridized carbons (Fsp3) is 0.208. The van der Waals surface area contributed by atoms with Crippen molar-refractivity contribution < 1.29 is 13.2 Å². The zero-order chi connectivity index (χ0) is 22.4. The van der Waals surface area contributed by atoms with Crippen LogP contribution in [0.25, 0.3) is 0 Å². The quantitative estimate of drug-likeness (QED) is 0.500. The number of anilines is 2. The maximum Gasteiger partial charge on any atom is 0.264 e. The molecule has 162 valence electrons. The Morgan fingerprint density at radius 1 is 0.871 bits per heavy atom. The number of sulfonamides is 1. The number of amides is 1. The summed E-state index contributed by atoms with van der Waals surface area (Å²) in [5, 5.41) is 3.38. The van der Waals surface area contributed by atoms with Crippen molar-refractivity contribution in [1.29, 1.82) is 0 Å². The van der Waals surface area contributed by atoms with E-state index in [1.54, 1.807) is 30.3 Å². The third-order valence-corrected chi connectivity index (χ3v) is 7.04. The zero-order valence-corrected chi connectivity index (χ0v) is 19.1. The van der Waals surface area contributed by atoms with Crippen LogP contribution in [0.5, 0.6) is 0 Å². The minimum Gasteiger partial charge on any atom is -0.324 e. The largest absolute Gasteiger partial charge is 0.324 e. The second-order valence-electron chi connectivity index (χ2n) is 7.01. The highest BCUT2D eigenvalue weighted by Gasteiger charge is 2.27. The molecule has 0 aromatic heterocycles. The maximum atomic E-state index is 13.4. The van der Waals surface area contributed by atoms with E-state index in [4.69, 9.17) is 11.6 Å². The van der Waals surface area contributed by atoms with Gasteiger partial charge in [0.25, 0.3) is 10.0 Å². The first-order chi connectivity index (χ1) is 14.9. The number of rotatable bonds is 8. The van der Waals surface area contributed by atoms with Gasteiger partial charge in [0, 0.05) is 10.7 Å². The Labute approximate surface area is 188 Å². The van der Waals surface area contributed by atoms with E-state index in [0.29, 0.717) is 10.7 Å². The Kier molecular flexibility index (Phi) is 7.36. The van der Waals surface area contributed by atoms with Gasteiger partial charge in [-0.3, -0.25) is 9.10 Å². The number of carbonyl (C=O) groups is 1. The predicted molar refractivity (Wildman–Crippen MR) is 126 cm³/mol. The normalized spacial score (nSPS) is 11.2. The van der Waals surface area contributed by atoms with Crippen LogP contribution in [0.1, 0.15) is 25.0 Å². The van der Waals surface area contributed by atoms with Gasteiger partial charge in [0.05, 0.1) is 10.6 Å². The first kappa shape index (κ1) is 22.8. The van der Waals surface area contributed by atoms with Gasteiger partial charge in [-0.05, 0) is 60.4 Å². The number of carbonyl (C=O) groups excluding carboxylic acids is 1. The van der Waals surface area contributed by atoms with Crippen LogP contribution in [0.15, 0.2) is 77.7 Å². The number of nitrogens with zero attached hydrogens (tertiary/aromatic N) is 1. The molecule has 7 heteroatoms. The Bertz CT molecular complexity index is 1120. The summed E-state index contributed by atoms with van der Waals surface area (Å²) in [4.78, 5) is 13.1. The predicted octanol–water partition coefficient (Wildman–Crippen LogP) is 5.30. The first-order valence-electron chi connectivity index (χ1n) is 10.1. The Morgan fingerprint density at radius 3 is 2.00 bits per heavy atom. The number of aryl methyl sites for hydroxylation is 2. The Hall–Kier alpha value is -2.83. The lowest BCUT2D eigenvalue weighted by Crippen LogP contribution is -2.38. The van der Waals surface area contributed by atoms with Crippen molar-refractivity contribution in [2.45, 2.75) is 31.6 Å². The van der Waals surface area contributed by atoms with Gasteiger partial charge in [0.1, 0.15) is 6.54 Å². The Morgan fingerprint density at radius 2 is 1.45 bits per heavy atom. The molecule has 0 unspecified atom stereocenters. The maximum absolute atomic E-state index is 13.4. The molecule has 0 fully saturated rings. The van der Waals surface area contributed by atoms with E-state index >= 15 is 0 Å². The van der Waals surface area contributed by atoms with Crippen LogP contribution < -0.4 is 9.62 Å². The van der Waals surface area contributed by atoms with Crippen LogP contribution in [0.4, 0.5) is 11.4 Å². The molecule has 0 saturated heterocycles. The van der Waals surface area contributed by atoms with Gasteiger partial charge < -0.3 is 5.32 Å². The van der Waals surface area contributed by atoms with Gasteiger partial charge in [0.15, 0.2) is 0 Å². The van der Waals surface area contributed by atoms with E-state index < -0.39 is 15.9 Å². The molecule has 0 spiro atoms. The summed E-state index contributed by atoms with van der Waals surface area (Å²) in [6.07, 6.45) is 1.52. The van der Waals surface area contributed by atoms with E-state index in [0.717, 1.165) is 34.0 Å². The average Bonchev–Trinajstić information content (AvgIpc) is 2.78. The van der Waals surface area contributed by atoms with E-state index in [1.165, 1.54) is 24.3 Å². The molecule has 5 nitrogen and oxygen atoms in total. The topological polar surface area (TPSA) is 66.5 Å². The lowest BCUT2D eigenvalue weighted by Gasteiger charge is -2.24. The number of hydrogen-bond acceptors (Lipinski definition) is 3. The molecule has 0 aliphatic carbocycles. The second-order valence-corrected chi connectivity index (χ2v) is 9.31. The minimum absolute atomic E-state index is 0.0664. The summed E-state index contributed by atoms with van der Waals surface area (Å²) in [6, 6.07) is 20.4. The molecule has 0 radical (unpaired) electrons. The lowest BCUT2D eigenvalue weighted by molar-refractivity contribution is -0.114. The van der Waals surface area contributed by atoms with Gasteiger partial charge in [-0.2, -0.15) is 0 Å². The molecule has 0 atom stereocenters. The number of hydrogen-bond donors (Lipinski definition) is 1. The Balaban J connectivity index is 1.95. The van der Waals surface area contributed by atoms with Crippen molar-refractivity contribution >= 4 is 38.9 Å². The van der Waals surface area contributed by atoms with Gasteiger partial charge in [-0.15, -0.1) is 0 Å². The molecule has 0 aliphatic heterocycles. The number of nitrogens with one attached hydrogen (secondary N) is 1. The molecular formula is C24H25ClN2O3S. The molecule has 0 aliphatic rings. The molecule has 31 heavy (non-hydrogen) atoms. The van der Waals surface area contributed by atoms with E-state index in [-0.39, 0.29) is 11.4 Å². The van der Waals surface area contributed by atoms with Crippen LogP contribution in [-0.4, -0.2) is 20.9 Å². The minimum atomic E-state index is -3.98. The first-order valence-corrected chi connectivity index (χ1v) is 11.9. The third kappa shape index (κ3) is 5.27. The van der Waals surface area contributed by atoms with Crippen molar-refractivity contribution in [3.63, 3.8) is 0 Å². The van der Waals surface area contributed by atoms with Gasteiger partial charge in [0.2, 0.25) is 5.91 Å². The van der Waals surface area contributed by atoms with Crippen molar-refractivity contribution in [3.05, 3.63) is 88.9 Å².